The summed E-state index contributed by atoms with van der Waals surface area (Å²) >= 11 is 0. The summed E-state index contributed by atoms with van der Waals surface area (Å²) in [5.41, 5.74) is 8.24. The second-order valence-corrected chi connectivity index (χ2v) is 3.61. The van der Waals surface area contributed by atoms with Crippen molar-refractivity contribution in [3.05, 3.63) is 48.8 Å². The van der Waals surface area contributed by atoms with Crippen molar-refractivity contribution in [2.45, 2.75) is 0 Å². The van der Waals surface area contributed by atoms with E-state index in [1.165, 1.54) is 0 Å². The lowest BCUT2D eigenvalue weighted by atomic mass is 10.2. The zero-order valence-electron chi connectivity index (χ0n) is 8.55. The number of para-hydroxylation sites is 1. The smallest absolute Gasteiger partial charge is 0.139 e. The van der Waals surface area contributed by atoms with Crippen LogP contribution >= 0.6 is 0 Å². The van der Waals surface area contributed by atoms with Crippen LogP contribution in [-0.4, -0.2) is 4.98 Å². The molecule has 3 heteroatoms. The minimum absolute atomic E-state index is 0.675. The largest absolute Gasteiger partial charge is 0.456 e. The van der Waals surface area contributed by atoms with Crippen LogP contribution in [0.25, 0.3) is 22.3 Å². The first-order chi connectivity index (χ1) is 7.84. The first-order valence-electron chi connectivity index (χ1n) is 5.03. The molecule has 3 aromatic rings. The van der Waals surface area contributed by atoms with Gasteiger partial charge in [-0.1, -0.05) is 18.2 Å². The molecule has 1 aromatic carbocycles. The molecular formula is C13H10N2O. The van der Waals surface area contributed by atoms with Crippen molar-refractivity contribution in [1.29, 1.82) is 0 Å². The quantitative estimate of drug-likeness (QED) is 0.671. The molecule has 0 saturated carbocycles. The zero-order chi connectivity index (χ0) is 11.0. The molecule has 3 rings (SSSR count). The van der Waals surface area contributed by atoms with Crippen molar-refractivity contribution < 1.29 is 4.42 Å². The Kier molecular flexibility index (Phi) is 1.90. The lowest BCUT2D eigenvalue weighted by Gasteiger charge is -1.99. The fourth-order valence-corrected chi connectivity index (χ4v) is 1.73. The van der Waals surface area contributed by atoms with Gasteiger partial charge in [0.25, 0.3) is 0 Å². The molecule has 0 atom stereocenters. The van der Waals surface area contributed by atoms with Crippen LogP contribution in [-0.2, 0) is 0 Å². The summed E-state index contributed by atoms with van der Waals surface area (Å²) < 4.78 is 5.71. The maximum atomic E-state index is 5.87. The van der Waals surface area contributed by atoms with Gasteiger partial charge in [-0.25, -0.2) is 0 Å². The number of nitrogens with two attached hydrogens (primary N) is 1. The molecule has 0 bridgehead atoms. The second-order valence-electron chi connectivity index (χ2n) is 3.61. The van der Waals surface area contributed by atoms with Crippen molar-refractivity contribution in [2.24, 2.45) is 0 Å². The topological polar surface area (TPSA) is 52.0 Å². The summed E-state index contributed by atoms with van der Waals surface area (Å²) in [4.78, 5) is 4.05. The van der Waals surface area contributed by atoms with Crippen molar-refractivity contribution in [2.75, 3.05) is 5.73 Å². The molecule has 0 amide bonds. The van der Waals surface area contributed by atoms with E-state index in [1.807, 2.05) is 30.3 Å². The Labute approximate surface area is 92.5 Å². The average molecular weight is 210 g/mol. The van der Waals surface area contributed by atoms with Crippen LogP contribution in [0.3, 0.4) is 0 Å². The molecule has 0 aliphatic rings. The highest BCUT2D eigenvalue weighted by Crippen LogP contribution is 2.30. The van der Waals surface area contributed by atoms with E-state index in [-0.39, 0.29) is 0 Å². The number of nitrogens with zero attached hydrogens (tertiary/aromatic N) is 1. The van der Waals surface area contributed by atoms with Crippen LogP contribution in [0.15, 0.2) is 53.2 Å². The maximum Gasteiger partial charge on any atom is 0.139 e. The minimum Gasteiger partial charge on any atom is -0.456 e. The molecule has 0 fully saturated rings. The van der Waals surface area contributed by atoms with Gasteiger partial charge in [-0.3, -0.25) is 4.98 Å². The third-order valence-corrected chi connectivity index (χ3v) is 2.55. The molecule has 78 valence electrons. The average Bonchev–Trinajstić information content (AvgIpc) is 2.73. The van der Waals surface area contributed by atoms with Gasteiger partial charge in [0.1, 0.15) is 11.3 Å². The molecule has 0 aliphatic heterocycles. The Bertz CT molecular complexity index is 610. The van der Waals surface area contributed by atoms with Crippen LogP contribution in [0.1, 0.15) is 0 Å². The standard InChI is InChI=1S/C13H10N2O/c14-11-5-6-15-8-10(11)13-7-9-3-1-2-4-12(9)16-13/h1-8H,(H2,14,15). The van der Waals surface area contributed by atoms with Crippen molar-refractivity contribution in [3.8, 4) is 11.3 Å². The van der Waals surface area contributed by atoms with Crippen LogP contribution in [0.5, 0.6) is 0 Å². The van der Waals surface area contributed by atoms with Gasteiger partial charge in [-0.05, 0) is 18.2 Å². The molecule has 3 nitrogen and oxygen atoms in total. The lowest BCUT2D eigenvalue weighted by Crippen LogP contribution is -1.89. The Hall–Kier alpha value is -2.29. The Morgan fingerprint density at radius 1 is 1.12 bits per heavy atom. The summed E-state index contributed by atoms with van der Waals surface area (Å²) in [5.74, 6) is 0.756. The number of nitrogen functional groups attached to an aromatic ring is 1. The molecule has 0 unspecified atom stereocenters. The predicted octanol–water partition coefficient (Wildman–Crippen LogP) is 3.08. The van der Waals surface area contributed by atoms with Crippen molar-refractivity contribution in [3.63, 3.8) is 0 Å². The number of benzene rings is 1. The molecule has 0 saturated heterocycles. The van der Waals surface area contributed by atoms with E-state index in [0.717, 1.165) is 22.3 Å². The van der Waals surface area contributed by atoms with Crippen LogP contribution in [0.2, 0.25) is 0 Å². The number of hydrogen-bond acceptors (Lipinski definition) is 3. The van der Waals surface area contributed by atoms with Gasteiger partial charge in [-0.15, -0.1) is 0 Å². The Morgan fingerprint density at radius 3 is 2.81 bits per heavy atom. The van der Waals surface area contributed by atoms with E-state index in [9.17, 15) is 0 Å². The fraction of sp³-hybridized carbons (Fsp3) is 0. The van der Waals surface area contributed by atoms with Crippen LogP contribution in [0, 0.1) is 0 Å². The summed E-state index contributed by atoms with van der Waals surface area (Å²) in [6.45, 7) is 0. The highest BCUT2D eigenvalue weighted by molar-refractivity contribution is 5.85. The van der Waals surface area contributed by atoms with Gasteiger partial charge < -0.3 is 10.2 Å². The second kappa shape index (κ2) is 3.38. The first kappa shape index (κ1) is 8.97. The number of aromatic nitrogens is 1. The number of rotatable bonds is 1. The number of anilines is 1. The van der Waals surface area contributed by atoms with Crippen LogP contribution in [0.4, 0.5) is 5.69 Å². The van der Waals surface area contributed by atoms with Gasteiger partial charge >= 0.3 is 0 Å². The van der Waals surface area contributed by atoms with E-state index >= 15 is 0 Å². The van der Waals surface area contributed by atoms with Gasteiger partial charge in [0, 0.05) is 23.5 Å². The van der Waals surface area contributed by atoms with Gasteiger partial charge in [-0.2, -0.15) is 0 Å². The normalized spacial score (nSPS) is 10.8. The maximum absolute atomic E-state index is 5.87. The number of furan rings is 1. The Morgan fingerprint density at radius 2 is 2.00 bits per heavy atom. The third kappa shape index (κ3) is 1.34. The highest BCUT2D eigenvalue weighted by atomic mass is 16.3. The molecule has 2 heterocycles. The highest BCUT2D eigenvalue weighted by Gasteiger charge is 2.08. The zero-order valence-corrected chi connectivity index (χ0v) is 8.55. The van der Waals surface area contributed by atoms with E-state index in [4.69, 9.17) is 10.2 Å². The summed E-state index contributed by atoms with van der Waals surface area (Å²) in [5, 5.41) is 1.07. The molecular weight excluding hydrogens is 200 g/mol. The number of hydrogen-bond donors (Lipinski definition) is 1. The molecule has 2 aromatic heterocycles. The first-order valence-corrected chi connectivity index (χ1v) is 5.03. The molecule has 2 N–H and O–H groups in total. The SMILES string of the molecule is Nc1ccncc1-c1cc2ccccc2o1. The van der Waals surface area contributed by atoms with Crippen molar-refractivity contribution >= 4 is 16.7 Å². The van der Waals surface area contributed by atoms with E-state index in [1.54, 1.807) is 18.5 Å². The van der Waals surface area contributed by atoms with Gasteiger partial charge in [0.05, 0.1) is 5.56 Å². The summed E-state index contributed by atoms with van der Waals surface area (Å²) in [7, 11) is 0. The van der Waals surface area contributed by atoms with E-state index in [0.29, 0.717) is 5.69 Å². The Balaban J connectivity index is 2.23. The summed E-state index contributed by atoms with van der Waals surface area (Å²) in [6.07, 6.45) is 3.38. The monoisotopic (exact) mass is 210 g/mol. The number of pyridine rings is 1. The minimum atomic E-state index is 0.675. The lowest BCUT2D eigenvalue weighted by molar-refractivity contribution is 0.631. The fourth-order valence-electron chi connectivity index (χ4n) is 1.73. The van der Waals surface area contributed by atoms with Gasteiger partial charge in [0.15, 0.2) is 0 Å². The molecule has 16 heavy (non-hydrogen) atoms. The van der Waals surface area contributed by atoms with Crippen LogP contribution < -0.4 is 5.73 Å². The molecule has 0 radical (unpaired) electrons. The predicted molar refractivity (Wildman–Crippen MR) is 63.9 cm³/mol. The number of fused-ring (bicyclic) bond motifs is 1. The van der Waals surface area contributed by atoms with Gasteiger partial charge in [0.2, 0.25) is 0 Å². The molecule has 0 spiro atoms. The molecule has 0 aliphatic carbocycles. The van der Waals surface area contributed by atoms with Crippen molar-refractivity contribution in [1.82, 2.24) is 4.98 Å². The van der Waals surface area contributed by atoms with E-state index < -0.39 is 0 Å². The third-order valence-electron chi connectivity index (χ3n) is 2.55. The summed E-state index contributed by atoms with van der Waals surface area (Å²) in [6, 6.07) is 11.6. The van der Waals surface area contributed by atoms with E-state index in [2.05, 4.69) is 4.98 Å².